The molecule has 1 aromatic heterocycles. The molecule has 0 saturated heterocycles. The van der Waals surface area contributed by atoms with Gasteiger partial charge in [0.15, 0.2) is 21.7 Å². The van der Waals surface area contributed by atoms with Gasteiger partial charge in [-0.05, 0) is 74.6 Å². The van der Waals surface area contributed by atoms with Crippen LogP contribution in [0.15, 0.2) is 77.0 Å². The highest BCUT2D eigenvalue weighted by Crippen LogP contribution is 2.34. The van der Waals surface area contributed by atoms with Crippen molar-refractivity contribution in [2.75, 3.05) is 30.2 Å². The van der Waals surface area contributed by atoms with E-state index in [9.17, 15) is 4.79 Å². The zero-order chi connectivity index (χ0) is 27.1. The highest BCUT2D eigenvalue weighted by atomic mass is 32.2. The van der Waals surface area contributed by atoms with Gasteiger partial charge in [0.1, 0.15) is 0 Å². The Morgan fingerprint density at radius 2 is 1.68 bits per heavy atom. The van der Waals surface area contributed by atoms with Crippen LogP contribution in [0.2, 0.25) is 0 Å². The number of ether oxygens (including phenoxy) is 2. The van der Waals surface area contributed by atoms with Crippen LogP contribution in [0, 0.1) is 6.92 Å². The molecule has 0 bridgehead atoms. The molecular formula is C28H28N4O3S3. The molecule has 1 amide bonds. The Hall–Kier alpha value is -3.60. The van der Waals surface area contributed by atoms with Gasteiger partial charge in [-0.15, -0.1) is 23.1 Å². The van der Waals surface area contributed by atoms with Gasteiger partial charge < -0.3 is 25.4 Å². The summed E-state index contributed by atoms with van der Waals surface area (Å²) >= 11 is 8.28. The molecule has 196 valence electrons. The van der Waals surface area contributed by atoms with Gasteiger partial charge in [0, 0.05) is 27.2 Å². The summed E-state index contributed by atoms with van der Waals surface area (Å²) in [7, 11) is 3.19. The third-order valence-electron chi connectivity index (χ3n) is 5.50. The Kier molecular flexibility index (Phi) is 9.22. The molecule has 0 radical (unpaired) electrons. The highest BCUT2D eigenvalue weighted by Gasteiger charge is 2.17. The Morgan fingerprint density at radius 3 is 2.42 bits per heavy atom. The second kappa shape index (κ2) is 12.8. The maximum absolute atomic E-state index is 12.9. The van der Waals surface area contributed by atoms with Crippen molar-refractivity contribution in [1.82, 2.24) is 4.98 Å². The SMILES string of the molecule is COc1ccc(-c2csc(NC(=O)C(C)Sc3cccc(NC(=S)Nc4ccc(C)cc4)c3)n2)cc1OC. The predicted octanol–water partition coefficient (Wildman–Crippen LogP) is 7.06. The van der Waals surface area contributed by atoms with Crippen LogP contribution < -0.4 is 25.4 Å². The number of hydrogen-bond acceptors (Lipinski definition) is 7. The Balaban J connectivity index is 1.33. The van der Waals surface area contributed by atoms with Gasteiger partial charge in [0.2, 0.25) is 5.91 Å². The standard InChI is InChI=1S/C28H28N4O3S3/c1-17-8-11-20(12-9-17)29-27(36)30-21-6-5-7-22(15-21)38-18(2)26(33)32-28-31-23(16-37-28)19-10-13-24(34-3)25(14-19)35-4/h5-16,18H,1-4H3,(H2,29,30,36)(H,31,32,33). The topological polar surface area (TPSA) is 84.5 Å². The number of carbonyl (C=O) groups excluding carboxylic acids is 1. The average Bonchev–Trinajstić information content (AvgIpc) is 3.38. The number of benzene rings is 3. The summed E-state index contributed by atoms with van der Waals surface area (Å²) in [4.78, 5) is 18.4. The summed E-state index contributed by atoms with van der Waals surface area (Å²) < 4.78 is 10.7. The monoisotopic (exact) mass is 564 g/mol. The molecule has 4 rings (SSSR count). The first kappa shape index (κ1) is 27.4. The van der Waals surface area contributed by atoms with Crippen molar-refractivity contribution in [3.05, 3.63) is 77.7 Å². The van der Waals surface area contributed by atoms with E-state index in [1.54, 1.807) is 14.2 Å². The minimum absolute atomic E-state index is 0.127. The van der Waals surface area contributed by atoms with E-state index in [0.29, 0.717) is 21.7 Å². The Morgan fingerprint density at radius 1 is 0.947 bits per heavy atom. The first-order valence-corrected chi connectivity index (χ1v) is 13.9. The number of methoxy groups -OCH3 is 2. The van der Waals surface area contributed by atoms with Gasteiger partial charge in [-0.2, -0.15) is 0 Å². The van der Waals surface area contributed by atoms with E-state index >= 15 is 0 Å². The molecule has 7 nitrogen and oxygen atoms in total. The van der Waals surface area contributed by atoms with Crippen LogP contribution in [0.3, 0.4) is 0 Å². The Bertz CT molecular complexity index is 1420. The van der Waals surface area contributed by atoms with Gasteiger partial charge in [0.05, 0.1) is 25.2 Å². The van der Waals surface area contributed by atoms with E-state index in [0.717, 1.165) is 27.5 Å². The second-order valence-electron chi connectivity index (χ2n) is 8.33. The molecule has 1 atom stereocenters. The normalized spacial score (nSPS) is 11.4. The number of amides is 1. The van der Waals surface area contributed by atoms with E-state index in [1.165, 1.54) is 28.7 Å². The third-order valence-corrected chi connectivity index (χ3v) is 7.55. The number of hydrogen-bond donors (Lipinski definition) is 3. The van der Waals surface area contributed by atoms with Gasteiger partial charge in [-0.25, -0.2) is 4.98 Å². The molecule has 38 heavy (non-hydrogen) atoms. The molecule has 10 heteroatoms. The first-order valence-electron chi connectivity index (χ1n) is 11.7. The smallest absolute Gasteiger partial charge is 0.239 e. The molecule has 0 spiro atoms. The fourth-order valence-corrected chi connectivity index (χ4v) is 5.39. The molecule has 0 saturated carbocycles. The number of rotatable bonds is 9. The van der Waals surface area contributed by atoms with Crippen molar-refractivity contribution >= 4 is 62.8 Å². The fourth-order valence-electron chi connectivity index (χ4n) is 3.50. The fraction of sp³-hybridized carbons (Fsp3) is 0.179. The van der Waals surface area contributed by atoms with Crippen LogP contribution in [-0.2, 0) is 4.79 Å². The van der Waals surface area contributed by atoms with E-state index < -0.39 is 0 Å². The molecule has 3 N–H and O–H groups in total. The number of aromatic nitrogens is 1. The van der Waals surface area contributed by atoms with Gasteiger partial charge >= 0.3 is 0 Å². The predicted molar refractivity (Wildman–Crippen MR) is 162 cm³/mol. The van der Waals surface area contributed by atoms with Crippen molar-refractivity contribution in [2.24, 2.45) is 0 Å². The van der Waals surface area contributed by atoms with Crippen molar-refractivity contribution in [2.45, 2.75) is 24.0 Å². The highest BCUT2D eigenvalue weighted by molar-refractivity contribution is 8.00. The zero-order valence-corrected chi connectivity index (χ0v) is 23.9. The minimum atomic E-state index is -0.337. The van der Waals surface area contributed by atoms with E-state index in [-0.39, 0.29) is 11.2 Å². The van der Waals surface area contributed by atoms with Crippen molar-refractivity contribution in [3.63, 3.8) is 0 Å². The number of nitrogens with zero attached hydrogens (tertiary/aromatic N) is 1. The lowest BCUT2D eigenvalue weighted by Crippen LogP contribution is -2.22. The molecule has 4 aromatic rings. The molecule has 0 fully saturated rings. The van der Waals surface area contributed by atoms with E-state index in [2.05, 4.69) is 20.9 Å². The lowest BCUT2D eigenvalue weighted by Gasteiger charge is -2.13. The summed E-state index contributed by atoms with van der Waals surface area (Å²) in [6.07, 6.45) is 0. The second-order valence-corrected chi connectivity index (χ2v) is 11.0. The number of thiazole rings is 1. The van der Waals surface area contributed by atoms with Crippen LogP contribution in [0.25, 0.3) is 11.3 Å². The lowest BCUT2D eigenvalue weighted by molar-refractivity contribution is -0.115. The van der Waals surface area contributed by atoms with Crippen LogP contribution >= 0.6 is 35.3 Å². The quantitative estimate of drug-likeness (QED) is 0.147. The number of anilines is 3. The number of aryl methyl sites for hydroxylation is 1. The van der Waals surface area contributed by atoms with Gasteiger partial charge in [0.25, 0.3) is 0 Å². The largest absolute Gasteiger partial charge is 0.493 e. The van der Waals surface area contributed by atoms with Crippen molar-refractivity contribution < 1.29 is 14.3 Å². The summed E-state index contributed by atoms with van der Waals surface area (Å²) in [5.41, 5.74) is 4.57. The van der Waals surface area contributed by atoms with Crippen LogP contribution in [0.1, 0.15) is 12.5 Å². The third kappa shape index (κ3) is 7.25. The first-order chi connectivity index (χ1) is 18.3. The molecule has 0 aliphatic heterocycles. The molecule has 0 aliphatic rings. The van der Waals surface area contributed by atoms with Crippen LogP contribution in [0.5, 0.6) is 11.5 Å². The van der Waals surface area contributed by atoms with E-state index in [1.807, 2.05) is 86.0 Å². The summed E-state index contributed by atoms with van der Waals surface area (Å²) in [5, 5.41) is 11.9. The lowest BCUT2D eigenvalue weighted by atomic mass is 10.1. The zero-order valence-electron chi connectivity index (χ0n) is 21.4. The summed E-state index contributed by atoms with van der Waals surface area (Å²) in [6, 6.07) is 21.4. The number of thioether (sulfide) groups is 1. The van der Waals surface area contributed by atoms with Crippen molar-refractivity contribution in [1.29, 1.82) is 0 Å². The van der Waals surface area contributed by atoms with E-state index in [4.69, 9.17) is 21.7 Å². The number of carbonyl (C=O) groups is 1. The maximum atomic E-state index is 12.9. The van der Waals surface area contributed by atoms with Crippen LogP contribution in [0.4, 0.5) is 16.5 Å². The minimum Gasteiger partial charge on any atom is -0.493 e. The van der Waals surface area contributed by atoms with Gasteiger partial charge in [-0.3, -0.25) is 4.79 Å². The molecular weight excluding hydrogens is 537 g/mol. The van der Waals surface area contributed by atoms with Crippen molar-refractivity contribution in [3.8, 4) is 22.8 Å². The Labute approximate surface area is 236 Å². The van der Waals surface area contributed by atoms with Crippen LogP contribution in [-0.4, -0.2) is 35.5 Å². The summed E-state index contributed by atoms with van der Waals surface area (Å²) in [6.45, 7) is 3.91. The number of nitrogens with one attached hydrogen (secondary N) is 3. The molecule has 1 unspecified atom stereocenters. The number of thiocarbonyl (C=S) groups is 1. The average molecular weight is 565 g/mol. The summed E-state index contributed by atoms with van der Waals surface area (Å²) in [5.74, 6) is 1.14. The van der Waals surface area contributed by atoms with Gasteiger partial charge in [-0.1, -0.05) is 23.8 Å². The molecule has 1 heterocycles. The maximum Gasteiger partial charge on any atom is 0.239 e. The molecule has 0 aliphatic carbocycles. The molecule has 3 aromatic carbocycles.